The van der Waals surface area contributed by atoms with Crippen molar-refractivity contribution in [1.82, 2.24) is 0 Å². The van der Waals surface area contributed by atoms with Crippen molar-refractivity contribution in [1.29, 1.82) is 0 Å². The zero-order chi connectivity index (χ0) is 11.4. The van der Waals surface area contributed by atoms with Crippen LogP contribution >= 0.6 is 0 Å². The summed E-state index contributed by atoms with van der Waals surface area (Å²) in [6.45, 7) is 5.59. The molecule has 5 heteroatoms. The molecule has 0 unspecified atom stereocenters. The number of hydrogen-bond donors (Lipinski definition) is 0. The summed E-state index contributed by atoms with van der Waals surface area (Å²) in [4.78, 5) is 0. The molecule has 0 aliphatic rings. The van der Waals surface area contributed by atoms with Gasteiger partial charge in [0.2, 0.25) is 0 Å². The molecule has 1 nitrogen and oxygen atoms in total. The first kappa shape index (κ1) is 12.7. The highest BCUT2D eigenvalue weighted by Gasteiger charge is 2.31. The molecular formula is C9H10F4O. The zero-order valence-corrected chi connectivity index (χ0v) is 7.78. The van der Waals surface area contributed by atoms with Gasteiger partial charge in [0, 0.05) is 0 Å². The molecule has 0 spiro atoms. The van der Waals surface area contributed by atoms with Crippen LogP contribution in [0.25, 0.3) is 0 Å². The molecule has 0 amide bonds. The summed E-state index contributed by atoms with van der Waals surface area (Å²) >= 11 is 0. The molecule has 14 heavy (non-hydrogen) atoms. The van der Waals surface area contributed by atoms with E-state index in [-0.39, 0.29) is 5.57 Å². The van der Waals surface area contributed by atoms with Gasteiger partial charge < -0.3 is 4.74 Å². The van der Waals surface area contributed by atoms with Crippen LogP contribution in [0.15, 0.2) is 35.9 Å². The Morgan fingerprint density at radius 2 is 1.86 bits per heavy atom. The Bertz CT molecular complexity index is 273. The van der Waals surface area contributed by atoms with E-state index in [1.807, 2.05) is 0 Å². The lowest BCUT2D eigenvalue weighted by Crippen LogP contribution is -2.12. The SMILES string of the molecule is C=C(F)/C(C)=C\C(=C/C)OC(F)(F)F. The van der Waals surface area contributed by atoms with Gasteiger partial charge in [-0.05, 0) is 31.6 Å². The maximum absolute atomic E-state index is 12.4. The Balaban J connectivity index is 4.63. The number of hydrogen-bond acceptors (Lipinski definition) is 1. The van der Waals surface area contributed by atoms with Crippen molar-refractivity contribution in [2.24, 2.45) is 0 Å². The van der Waals surface area contributed by atoms with E-state index in [1.165, 1.54) is 13.8 Å². The summed E-state index contributed by atoms with van der Waals surface area (Å²) in [5, 5.41) is 0. The lowest BCUT2D eigenvalue weighted by atomic mass is 10.2. The molecule has 0 aliphatic heterocycles. The van der Waals surface area contributed by atoms with Crippen LogP contribution in [0, 0.1) is 0 Å². The topological polar surface area (TPSA) is 9.23 Å². The van der Waals surface area contributed by atoms with Crippen molar-refractivity contribution in [3.05, 3.63) is 35.9 Å². The predicted molar refractivity (Wildman–Crippen MR) is 44.9 cm³/mol. The third kappa shape index (κ3) is 5.40. The van der Waals surface area contributed by atoms with Crippen LogP contribution < -0.4 is 0 Å². The number of alkyl halides is 3. The fourth-order valence-corrected chi connectivity index (χ4v) is 0.597. The Labute approximate surface area is 79.4 Å². The maximum atomic E-state index is 12.4. The third-order valence-corrected chi connectivity index (χ3v) is 1.30. The Morgan fingerprint density at radius 1 is 1.36 bits per heavy atom. The molecule has 0 aliphatic carbocycles. The fourth-order valence-electron chi connectivity index (χ4n) is 0.597. The molecule has 0 rings (SSSR count). The average molecular weight is 210 g/mol. The summed E-state index contributed by atoms with van der Waals surface area (Å²) in [5.74, 6) is -1.26. The van der Waals surface area contributed by atoms with Crippen molar-refractivity contribution < 1.29 is 22.3 Å². The zero-order valence-electron chi connectivity index (χ0n) is 7.78. The van der Waals surface area contributed by atoms with Crippen LogP contribution in [-0.2, 0) is 4.74 Å². The molecule has 0 aromatic heterocycles. The minimum Gasteiger partial charge on any atom is -0.406 e. The van der Waals surface area contributed by atoms with E-state index in [2.05, 4.69) is 11.3 Å². The molecular weight excluding hydrogens is 200 g/mol. The summed E-state index contributed by atoms with van der Waals surface area (Å²) < 4.78 is 51.2. The van der Waals surface area contributed by atoms with Crippen LogP contribution in [0.3, 0.4) is 0 Å². The van der Waals surface area contributed by atoms with Gasteiger partial charge >= 0.3 is 6.36 Å². The predicted octanol–water partition coefficient (Wildman–Crippen LogP) is 3.86. The van der Waals surface area contributed by atoms with Gasteiger partial charge in [0.05, 0.1) is 0 Å². The van der Waals surface area contributed by atoms with Crippen LogP contribution in [0.5, 0.6) is 0 Å². The summed E-state index contributed by atoms with van der Waals surface area (Å²) in [7, 11) is 0. The lowest BCUT2D eigenvalue weighted by Gasteiger charge is -2.09. The smallest absolute Gasteiger partial charge is 0.406 e. The highest BCUT2D eigenvalue weighted by atomic mass is 19.4. The van der Waals surface area contributed by atoms with Gasteiger partial charge in [0.1, 0.15) is 11.6 Å². The number of halogens is 4. The second-order valence-corrected chi connectivity index (χ2v) is 2.47. The highest BCUT2D eigenvalue weighted by Crippen LogP contribution is 2.22. The summed E-state index contributed by atoms with van der Waals surface area (Å²) in [5.41, 5.74) is -0.0117. The van der Waals surface area contributed by atoms with Crippen LogP contribution in [0.1, 0.15) is 13.8 Å². The van der Waals surface area contributed by atoms with E-state index < -0.39 is 17.9 Å². The second kappa shape index (κ2) is 4.83. The molecule has 0 saturated carbocycles. The summed E-state index contributed by atoms with van der Waals surface area (Å²) in [6, 6.07) is 0. The molecule has 80 valence electrons. The van der Waals surface area contributed by atoms with Gasteiger partial charge in [0.25, 0.3) is 0 Å². The molecule has 0 heterocycles. The van der Waals surface area contributed by atoms with Gasteiger partial charge in [-0.15, -0.1) is 13.2 Å². The maximum Gasteiger partial charge on any atom is 0.573 e. The van der Waals surface area contributed by atoms with Gasteiger partial charge in [-0.3, -0.25) is 0 Å². The first-order valence-electron chi connectivity index (χ1n) is 3.71. The van der Waals surface area contributed by atoms with Gasteiger partial charge in [-0.1, -0.05) is 6.58 Å². The molecule has 0 fully saturated rings. The highest BCUT2D eigenvalue weighted by molar-refractivity contribution is 5.27. The molecule has 0 saturated heterocycles. The first-order chi connectivity index (χ1) is 6.26. The van der Waals surface area contributed by atoms with Crippen molar-refractivity contribution in [3.8, 4) is 0 Å². The number of allylic oxidation sites excluding steroid dienone is 4. The van der Waals surface area contributed by atoms with E-state index in [9.17, 15) is 17.6 Å². The fraction of sp³-hybridized carbons (Fsp3) is 0.333. The molecule has 0 atom stereocenters. The molecule has 0 aromatic carbocycles. The summed E-state index contributed by atoms with van der Waals surface area (Å²) in [6.07, 6.45) is -2.76. The first-order valence-corrected chi connectivity index (χ1v) is 3.71. The van der Waals surface area contributed by atoms with Crippen LogP contribution in [0.4, 0.5) is 17.6 Å². The minimum atomic E-state index is -4.77. The minimum absolute atomic E-state index is 0.0117. The number of ether oxygens (including phenoxy) is 1. The van der Waals surface area contributed by atoms with Gasteiger partial charge in [-0.25, -0.2) is 4.39 Å². The normalized spacial score (nSPS) is 14.1. The Hall–Kier alpha value is -1.26. The largest absolute Gasteiger partial charge is 0.573 e. The van der Waals surface area contributed by atoms with Crippen molar-refractivity contribution >= 4 is 0 Å². The van der Waals surface area contributed by atoms with E-state index in [0.717, 1.165) is 12.2 Å². The molecule has 0 aromatic rings. The second-order valence-electron chi connectivity index (χ2n) is 2.47. The third-order valence-electron chi connectivity index (χ3n) is 1.30. The van der Waals surface area contributed by atoms with E-state index >= 15 is 0 Å². The Kier molecular flexibility index (Phi) is 4.40. The standard InChI is InChI=1S/C9H10F4O/c1-4-8(14-9(11,12)13)5-6(2)7(3)10/h4-5H,3H2,1-2H3/b6-5-,8-4+. The van der Waals surface area contributed by atoms with Crippen molar-refractivity contribution in [3.63, 3.8) is 0 Å². The monoisotopic (exact) mass is 210 g/mol. The van der Waals surface area contributed by atoms with Crippen molar-refractivity contribution in [2.45, 2.75) is 20.2 Å². The van der Waals surface area contributed by atoms with Gasteiger partial charge in [-0.2, -0.15) is 0 Å². The molecule has 0 bridgehead atoms. The lowest BCUT2D eigenvalue weighted by molar-refractivity contribution is -0.303. The van der Waals surface area contributed by atoms with E-state index in [0.29, 0.717) is 0 Å². The van der Waals surface area contributed by atoms with Crippen LogP contribution in [-0.4, -0.2) is 6.36 Å². The Morgan fingerprint density at radius 3 is 2.14 bits per heavy atom. The average Bonchev–Trinajstić information content (AvgIpc) is 2.00. The van der Waals surface area contributed by atoms with E-state index in [4.69, 9.17) is 0 Å². The van der Waals surface area contributed by atoms with Crippen LogP contribution in [0.2, 0.25) is 0 Å². The number of rotatable bonds is 3. The van der Waals surface area contributed by atoms with Gasteiger partial charge in [0.15, 0.2) is 0 Å². The van der Waals surface area contributed by atoms with Crippen molar-refractivity contribution in [2.75, 3.05) is 0 Å². The molecule has 0 N–H and O–H groups in total. The quantitative estimate of drug-likeness (QED) is 0.390. The van der Waals surface area contributed by atoms with E-state index in [1.54, 1.807) is 0 Å². The molecule has 0 radical (unpaired) electrons.